The van der Waals surface area contributed by atoms with Crippen LogP contribution in [-0.4, -0.2) is 23.4 Å². The zero-order chi connectivity index (χ0) is 13.8. The number of nitrogens with one attached hydrogen (secondary N) is 1. The average molecular weight is 290 g/mol. The summed E-state index contributed by atoms with van der Waals surface area (Å²) in [5.41, 5.74) is 0.153. The first-order chi connectivity index (χ1) is 8.35. The largest absolute Gasteiger partial charge is 0.507 e. The second-order valence-electron chi connectivity index (χ2n) is 4.95. The Morgan fingerprint density at radius 1 is 1.44 bits per heavy atom. The number of carbonyl (C=O) groups excluding carboxylic acids is 1. The van der Waals surface area contributed by atoms with Gasteiger partial charge in [0, 0.05) is 17.4 Å². The number of carbonyl (C=O) groups is 1. The third kappa shape index (κ3) is 4.39. The number of phenols is 1. The summed E-state index contributed by atoms with van der Waals surface area (Å²) in [5.74, 6) is 0.122. The lowest BCUT2D eigenvalue weighted by Crippen LogP contribution is -2.34. The normalized spacial score (nSPS) is 11.3. The van der Waals surface area contributed by atoms with Crippen molar-refractivity contribution in [3.8, 4) is 5.75 Å². The molecule has 100 valence electrons. The maximum atomic E-state index is 11.9. The van der Waals surface area contributed by atoms with E-state index in [1.807, 2.05) is 13.8 Å². The number of halogens is 2. The molecule has 0 spiro atoms. The van der Waals surface area contributed by atoms with Gasteiger partial charge in [0.1, 0.15) is 5.75 Å². The molecule has 18 heavy (non-hydrogen) atoms. The lowest BCUT2D eigenvalue weighted by molar-refractivity contribution is 0.0933. The average Bonchev–Trinajstić information content (AvgIpc) is 2.26. The van der Waals surface area contributed by atoms with Crippen LogP contribution in [0.1, 0.15) is 30.6 Å². The van der Waals surface area contributed by atoms with E-state index in [0.717, 1.165) is 6.42 Å². The number of benzene rings is 1. The molecule has 1 aromatic carbocycles. The van der Waals surface area contributed by atoms with Crippen LogP contribution in [0.3, 0.4) is 0 Å². The highest BCUT2D eigenvalue weighted by Gasteiger charge is 2.19. The first kappa shape index (κ1) is 15.1. The van der Waals surface area contributed by atoms with E-state index >= 15 is 0 Å². The first-order valence-corrected chi connectivity index (χ1v) is 6.60. The molecule has 0 fully saturated rings. The summed E-state index contributed by atoms with van der Waals surface area (Å²) < 4.78 is 0. The summed E-state index contributed by atoms with van der Waals surface area (Å²) >= 11 is 11.4. The molecular formula is C13H17Cl2NO2. The SMILES string of the molecule is CC(C)(CCCl)CNC(=O)c1ccc(Cl)cc1O. The van der Waals surface area contributed by atoms with E-state index in [1.54, 1.807) is 6.07 Å². The molecule has 0 saturated heterocycles. The fourth-order valence-corrected chi connectivity index (χ4v) is 2.13. The van der Waals surface area contributed by atoms with Crippen molar-refractivity contribution in [3.05, 3.63) is 28.8 Å². The number of hydrogen-bond donors (Lipinski definition) is 2. The van der Waals surface area contributed by atoms with Crippen LogP contribution >= 0.6 is 23.2 Å². The molecule has 0 atom stereocenters. The van der Waals surface area contributed by atoms with Crippen molar-refractivity contribution < 1.29 is 9.90 Å². The highest BCUT2D eigenvalue weighted by atomic mass is 35.5. The van der Waals surface area contributed by atoms with E-state index in [0.29, 0.717) is 17.4 Å². The molecule has 0 saturated carbocycles. The maximum Gasteiger partial charge on any atom is 0.255 e. The summed E-state index contributed by atoms with van der Waals surface area (Å²) in [6.07, 6.45) is 0.807. The van der Waals surface area contributed by atoms with Crippen molar-refractivity contribution in [3.63, 3.8) is 0 Å². The number of alkyl halides is 1. The minimum Gasteiger partial charge on any atom is -0.507 e. The molecule has 1 aromatic rings. The standard InChI is InChI=1S/C13H17Cl2NO2/c1-13(2,5-6-14)8-16-12(18)10-4-3-9(15)7-11(10)17/h3-4,7,17H,5-6,8H2,1-2H3,(H,16,18). The molecule has 0 aliphatic heterocycles. The van der Waals surface area contributed by atoms with E-state index in [2.05, 4.69) is 5.32 Å². The molecule has 2 N–H and O–H groups in total. The van der Waals surface area contributed by atoms with E-state index < -0.39 is 0 Å². The molecule has 5 heteroatoms. The minimum atomic E-state index is -0.313. The Balaban J connectivity index is 2.66. The third-order valence-corrected chi connectivity index (χ3v) is 3.13. The van der Waals surface area contributed by atoms with Gasteiger partial charge in [0.2, 0.25) is 0 Å². The topological polar surface area (TPSA) is 49.3 Å². The van der Waals surface area contributed by atoms with Crippen molar-refractivity contribution in [2.75, 3.05) is 12.4 Å². The molecule has 0 aliphatic carbocycles. The van der Waals surface area contributed by atoms with Gasteiger partial charge in [0.15, 0.2) is 0 Å². The zero-order valence-corrected chi connectivity index (χ0v) is 12.0. The van der Waals surface area contributed by atoms with Crippen molar-refractivity contribution in [1.82, 2.24) is 5.32 Å². The minimum absolute atomic E-state index is 0.0700. The molecule has 0 unspecified atom stereocenters. The maximum absolute atomic E-state index is 11.9. The van der Waals surface area contributed by atoms with Gasteiger partial charge in [0.25, 0.3) is 5.91 Å². The predicted molar refractivity (Wildman–Crippen MR) is 74.6 cm³/mol. The number of aromatic hydroxyl groups is 1. The number of amides is 1. The first-order valence-electron chi connectivity index (χ1n) is 5.68. The second-order valence-corrected chi connectivity index (χ2v) is 5.76. The van der Waals surface area contributed by atoms with Crippen LogP contribution in [0.5, 0.6) is 5.75 Å². The van der Waals surface area contributed by atoms with E-state index in [-0.39, 0.29) is 22.6 Å². The molecular weight excluding hydrogens is 273 g/mol. The summed E-state index contributed by atoms with van der Waals surface area (Å²) in [7, 11) is 0. The highest BCUT2D eigenvalue weighted by Crippen LogP contribution is 2.23. The van der Waals surface area contributed by atoms with Crippen LogP contribution < -0.4 is 5.32 Å². The fourth-order valence-electron chi connectivity index (χ4n) is 1.46. The van der Waals surface area contributed by atoms with Crippen LogP contribution in [0.15, 0.2) is 18.2 Å². The molecule has 0 bridgehead atoms. The summed E-state index contributed by atoms with van der Waals surface area (Å²) in [6.45, 7) is 4.55. The highest BCUT2D eigenvalue weighted by molar-refractivity contribution is 6.30. The Labute approximate surface area is 117 Å². The number of phenolic OH excluding ortho intramolecular Hbond substituents is 1. The molecule has 3 nitrogen and oxygen atoms in total. The third-order valence-electron chi connectivity index (χ3n) is 2.70. The van der Waals surface area contributed by atoms with Crippen molar-refractivity contribution in [2.24, 2.45) is 5.41 Å². The van der Waals surface area contributed by atoms with Crippen LogP contribution in [0.2, 0.25) is 5.02 Å². The van der Waals surface area contributed by atoms with Gasteiger partial charge in [-0.25, -0.2) is 0 Å². The lowest BCUT2D eigenvalue weighted by Gasteiger charge is -2.23. The second kappa shape index (κ2) is 6.30. The number of hydrogen-bond acceptors (Lipinski definition) is 2. The van der Waals surface area contributed by atoms with Gasteiger partial charge >= 0.3 is 0 Å². The van der Waals surface area contributed by atoms with Crippen molar-refractivity contribution in [2.45, 2.75) is 20.3 Å². The predicted octanol–water partition coefficient (Wildman–Crippen LogP) is 3.43. The Morgan fingerprint density at radius 2 is 2.11 bits per heavy atom. The molecule has 0 aromatic heterocycles. The van der Waals surface area contributed by atoms with Crippen LogP contribution in [0, 0.1) is 5.41 Å². The van der Waals surface area contributed by atoms with Crippen LogP contribution in [0.4, 0.5) is 0 Å². The zero-order valence-electron chi connectivity index (χ0n) is 10.5. The van der Waals surface area contributed by atoms with E-state index in [4.69, 9.17) is 23.2 Å². The van der Waals surface area contributed by atoms with Crippen LogP contribution in [0.25, 0.3) is 0 Å². The van der Waals surface area contributed by atoms with E-state index in [1.165, 1.54) is 12.1 Å². The number of rotatable bonds is 5. The van der Waals surface area contributed by atoms with E-state index in [9.17, 15) is 9.90 Å². The van der Waals surface area contributed by atoms with Crippen molar-refractivity contribution in [1.29, 1.82) is 0 Å². The van der Waals surface area contributed by atoms with Crippen LogP contribution in [-0.2, 0) is 0 Å². The molecule has 0 aliphatic rings. The quantitative estimate of drug-likeness (QED) is 0.816. The Hall–Kier alpha value is -0.930. The Bertz CT molecular complexity index is 433. The van der Waals surface area contributed by atoms with Gasteiger partial charge < -0.3 is 10.4 Å². The van der Waals surface area contributed by atoms with Gasteiger partial charge in [-0.1, -0.05) is 25.4 Å². The molecule has 0 radical (unpaired) electrons. The summed E-state index contributed by atoms with van der Waals surface area (Å²) in [4.78, 5) is 11.9. The van der Waals surface area contributed by atoms with Gasteiger partial charge in [-0.15, -0.1) is 11.6 Å². The molecule has 1 rings (SSSR count). The summed E-state index contributed by atoms with van der Waals surface area (Å²) in [6, 6.07) is 4.42. The van der Waals surface area contributed by atoms with Gasteiger partial charge in [-0.2, -0.15) is 0 Å². The fraction of sp³-hybridized carbons (Fsp3) is 0.462. The van der Waals surface area contributed by atoms with Gasteiger partial charge in [0.05, 0.1) is 5.56 Å². The summed E-state index contributed by atoms with van der Waals surface area (Å²) in [5, 5.41) is 12.8. The van der Waals surface area contributed by atoms with Gasteiger partial charge in [-0.3, -0.25) is 4.79 Å². The molecule has 0 heterocycles. The smallest absolute Gasteiger partial charge is 0.255 e. The van der Waals surface area contributed by atoms with Gasteiger partial charge in [-0.05, 0) is 30.0 Å². The molecule has 1 amide bonds. The Kier molecular flexibility index (Phi) is 5.29. The monoisotopic (exact) mass is 289 g/mol. The lowest BCUT2D eigenvalue weighted by atomic mass is 9.90. The van der Waals surface area contributed by atoms with Crippen molar-refractivity contribution >= 4 is 29.1 Å². The Morgan fingerprint density at radius 3 is 2.67 bits per heavy atom.